The molecule has 1 amide bonds. The van der Waals surface area contributed by atoms with Crippen LogP contribution in [0.5, 0.6) is 0 Å². The molecule has 98 valence electrons. The maximum Gasteiger partial charge on any atom is 0.255 e. The lowest BCUT2D eigenvalue weighted by molar-refractivity contribution is 0.102. The normalized spacial score (nSPS) is 10.3. The molecule has 0 bridgehead atoms. The minimum atomic E-state index is -0.0963. The number of benzene rings is 1. The quantitative estimate of drug-likeness (QED) is 0.870. The smallest absolute Gasteiger partial charge is 0.255 e. The van der Waals surface area contributed by atoms with Crippen molar-refractivity contribution in [2.45, 2.75) is 20.3 Å². The monoisotopic (exact) mass is 318 g/mol. The summed E-state index contributed by atoms with van der Waals surface area (Å²) in [5, 5.41) is 2.88. The number of hydrogen-bond acceptors (Lipinski definition) is 2. The number of pyridine rings is 1. The van der Waals surface area contributed by atoms with E-state index in [0.29, 0.717) is 11.3 Å². The number of aryl methyl sites for hydroxylation is 2. The molecule has 0 aliphatic rings. The molecular formula is C15H15BrN2O. The number of nitrogens with zero attached hydrogens (tertiary/aromatic N) is 1. The molecule has 0 fully saturated rings. The van der Waals surface area contributed by atoms with E-state index in [1.165, 1.54) is 0 Å². The Morgan fingerprint density at radius 1 is 1.37 bits per heavy atom. The summed E-state index contributed by atoms with van der Waals surface area (Å²) >= 11 is 3.34. The number of carbonyl (C=O) groups excluding carboxylic acids is 1. The molecule has 0 spiro atoms. The van der Waals surface area contributed by atoms with Gasteiger partial charge in [0, 0.05) is 5.56 Å². The molecule has 1 N–H and O–H groups in total. The van der Waals surface area contributed by atoms with Crippen LogP contribution in [0.3, 0.4) is 0 Å². The number of halogens is 1. The SMILES string of the molecule is CCc1ccccc1C(=O)Nc1cnc(Br)c(C)c1. The first kappa shape index (κ1) is 13.7. The minimum Gasteiger partial charge on any atom is -0.321 e. The van der Waals surface area contributed by atoms with Crippen LogP contribution in [0.2, 0.25) is 0 Å². The number of anilines is 1. The third kappa shape index (κ3) is 3.20. The summed E-state index contributed by atoms with van der Waals surface area (Å²) in [6, 6.07) is 9.52. The van der Waals surface area contributed by atoms with Gasteiger partial charge in [0.2, 0.25) is 0 Å². The van der Waals surface area contributed by atoms with E-state index in [1.54, 1.807) is 6.20 Å². The van der Waals surface area contributed by atoms with E-state index >= 15 is 0 Å². The van der Waals surface area contributed by atoms with E-state index in [9.17, 15) is 4.79 Å². The first-order valence-electron chi connectivity index (χ1n) is 6.13. The summed E-state index contributed by atoms with van der Waals surface area (Å²) < 4.78 is 0.791. The lowest BCUT2D eigenvalue weighted by Gasteiger charge is -2.09. The Morgan fingerprint density at radius 3 is 2.79 bits per heavy atom. The minimum absolute atomic E-state index is 0.0963. The van der Waals surface area contributed by atoms with Gasteiger partial charge in [-0.15, -0.1) is 0 Å². The zero-order valence-electron chi connectivity index (χ0n) is 10.9. The highest BCUT2D eigenvalue weighted by molar-refractivity contribution is 9.10. The molecular weight excluding hydrogens is 304 g/mol. The topological polar surface area (TPSA) is 42.0 Å². The van der Waals surface area contributed by atoms with Gasteiger partial charge in [-0.1, -0.05) is 25.1 Å². The number of nitrogens with one attached hydrogen (secondary N) is 1. The van der Waals surface area contributed by atoms with Crippen LogP contribution in [0.1, 0.15) is 28.4 Å². The van der Waals surface area contributed by atoms with Crippen molar-refractivity contribution in [1.82, 2.24) is 4.98 Å². The van der Waals surface area contributed by atoms with Gasteiger partial charge in [-0.25, -0.2) is 4.98 Å². The van der Waals surface area contributed by atoms with E-state index in [-0.39, 0.29) is 5.91 Å². The molecule has 1 aromatic heterocycles. The largest absolute Gasteiger partial charge is 0.321 e. The second kappa shape index (κ2) is 5.97. The van der Waals surface area contributed by atoms with Crippen LogP contribution in [0, 0.1) is 6.92 Å². The molecule has 4 heteroatoms. The predicted molar refractivity (Wildman–Crippen MR) is 80.4 cm³/mol. The Bertz CT molecular complexity index is 611. The van der Waals surface area contributed by atoms with Crippen LogP contribution in [-0.4, -0.2) is 10.9 Å². The summed E-state index contributed by atoms with van der Waals surface area (Å²) in [5.74, 6) is -0.0963. The second-order valence-corrected chi connectivity index (χ2v) is 5.05. The van der Waals surface area contributed by atoms with Crippen molar-refractivity contribution in [3.63, 3.8) is 0 Å². The summed E-state index contributed by atoms with van der Waals surface area (Å²) in [6.07, 6.45) is 2.48. The Labute approximate surface area is 121 Å². The molecule has 0 radical (unpaired) electrons. The van der Waals surface area contributed by atoms with Crippen molar-refractivity contribution < 1.29 is 4.79 Å². The average Bonchev–Trinajstić information content (AvgIpc) is 2.43. The second-order valence-electron chi connectivity index (χ2n) is 4.30. The molecule has 0 aliphatic heterocycles. The molecule has 0 aliphatic carbocycles. The fraction of sp³-hybridized carbons (Fsp3) is 0.200. The number of amides is 1. The first-order chi connectivity index (χ1) is 9.11. The fourth-order valence-corrected chi connectivity index (χ4v) is 2.09. The van der Waals surface area contributed by atoms with Gasteiger partial charge in [0.15, 0.2) is 0 Å². The lowest BCUT2D eigenvalue weighted by Crippen LogP contribution is -2.14. The van der Waals surface area contributed by atoms with Crippen molar-refractivity contribution in [3.8, 4) is 0 Å². The molecule has 0 atom stereocenters. The Hall–Kier alpha value is -1.68. The molecule has 1 aromatic carbocycles. The Morgan fingerprint density at radius 2 is 2.11 bits per heavy atom. The highest BCUT2D eigenvalue weighted by Gasteiger charge is 2.10. The molecule has 19 heavy (non-hydrogen) atoms. The summed E-state index contributed by atoms with van der Waals surface area (Å²) in [4.78, 5) is 16.4. The summed E-state index contributed by atoms with van der Waals surface area (Å²) in [7, 11) is 0. The fourth-order valence-electron chi connectivity index (χ4n) is 1.88. The number of rotatable bonds is 3. The molecule has 0 saturated carbocycles. The molecule has 3 nitrogen and oxygen atoms in total. The number of carbonyl (C=O) groups is 1. The van der Waals surface area contributed by atoms with Crippen LogP contribution < -0.4 is 5.32 Å². The Balaban J connectivity index is 2.23. The van der Waals surface area contributed by atoms with E-state index in [0.717, 1.165) is 22.2 Å². The van der Waals surface area contributed by atoms with Gasteiger partial charge < -0.3 is 5.32 Å². The molecule has 1 heterocycles. The van der Waals surface area contributed by atoms with Gasteiger partial charge in [0.05, 0.1) is 11.9 Å². The van der Waals surface area contributed by atoms with E-state index in [1.807, 2.05) is 44.2 Å². The predicted octanol–water partition coefficient (Wildman–Crippen LogP) is 3.97. The molecule has 0 saturated heterocycles. The highest BCUT2D eigenvalue weighted by atomic mass is 79.9. The number of aromatic nitrogens is 1. The van der Waals surface area contributed by atoms with Crippen LogP contribution in [0.15, 0.2) is 41.1 Å². The number of hydrogen-bond donors (Lipinski definition) is 1. The van der Waals surface area contributed by atoms with Gasteiger partial charge in [-0.3, -0.25) is 4.79 Å². The van der Waals surface area contributed by atoms with Gasteiger partial charge in [0.1, 0.15) is 4.60 Å². The molecule has 2 rings (SSSR count). The van der Waals surface area contributed by atoms with Crippen molar-refractivity contribution in [3.05, 3.63) is 57.8 Å². The zero-order chi connectivity index (χ0) is 13.8. The third-order valence-corrected chi connectivity index (χ3v) is 3.75. The van der Waals surface area contributed by atoms with E-state index < -0.39 is 0 Å². The van der Waals surface area contributed by atoms with Gasteiger partial charge >= 0.3 is 0 Å². The highest BCUT2D eigenvalue weighted by Crippen LogP contribution is 2.18. The van der Waals surface area contributed by atoms with Gasteiger partial charge in [0.25, 0.3) is 5.91 Å². The maximum atomic E-state index is 12.2. The maximum absolute atomic E-state index is 12.2. The summed E-state index contributed by atoms with van der Waals surface area (Å²) in [5.41, 5.74) is 3.45. The lowest BCUT2D eigenvalue weighted by atomic mass is 10.0. The first-order valence-corrected chi connectivity index (χ1v) is 6.92. The molecule has 2 aromatic rings. The van der Waals surface area contributed by atoms with Crippen molar-refractivity contribution in [1.29, 1.82) is 0 Å². The molecule has 0 unspecified atom stereocenters. The summed E-state index contributed by atoms with van der Waals surface area (Å²) in [6.45, 7) is 3.98. The van der Waals surface area contributed by atoms with Crippen molar-refractivity contribution in [2.24, 2.45) is 0 Å². The van der Waals surface area contributed by atoms with Crippen LogP contribution in [0.25, 0.3) is 0 Å². The average molecular weight is 319 g/mol. The van der Waals surface area contributed by atoms with Gasteiger partial charge in [-0.2, -0.15) is 0 Å². The van der Waals surface area contributed by atoms with Crippen LogP contribution in [0.4, 0.5) is 5.69 Å². The third-order valence-electron chi connectivity index (χ3n) is 2.92. The van der Waals surface area contributed by atoms with Crippen molar-refractivity contribution in [2.75, 3.05) is 5.32 Å². The van der Waals surface area contributed by atoms with Gasteiger partial charge in [-0.05, 0) is 52.5 Å². The van der Waals surface area contributed by atoms with Crippen LogP contribution in [-0.2, 0) is 6.42 Å². The Kier molecular flexibility index (Phi) is 4.32. The standard InChI is InChI=1S/C15H15BrN2O/c1-3-11-6-4-5-7-13(11)15(19)18-12-8-10(2)14(16)17-9-12/h4-9H,3H2,1-2H3,(H,18,19). The zero-order valence-corrected chi connectivity index (χ0v) is 12.5. The van der Waals surface area contributed by atoms with Crippen LogP contribution >= 0.6 is 15.9 Å². The van der Waals surface area contributed by atoms with Crippen molar-refractivity contribution >= 4 is 27.5 Å². The van der Waals surface area contributed by atoms with E-state index in [4.69, 9.17) is 0 Å². The van der Waals surface area contributed by atoms with E-state index in [2.05, 4.69) is 26.2 Å².